The molecule has 1 aromatic heterocycles. The van der Waals surface area contributed by atoms with Crippen molar-refractivity contribution in [1.82, 2.24) is 4.98 Å². The number of pyridine rings is 1. The number of halogens is 1. The predicted molar refractivity (Wildman–Crippen MR) is 62.1 cm³/mol. The quantitative estimate of drug-likeness (QED) is 0.789. The fourth-order valence-corrected chi connectivity index (χ4v) is 1.41. The minimum atomic E-state index is -0.0636. The molecule has 2 N–H and O–H groups in total. The van der Waals surface area contributed by atoms with Gasteiger partial charge < -0.3 is 5.73 Å². The molecule has 1 rings (SSSR count). The number of hydrogen-bond acceptors (Lipinski definition) is 3. The van der Waals surface area contributed by atoms with Gasteiger partial charge in [-0.1, -0.05) is 32.4 Å². The molecule has 0 amide bonds. The Labute approximate surface area is 94.6 Å². The second kappa shape index (κ2) is 4.19. The van der Waals surface area contributed by atoms with Crippen molar-refractivity contribution in [3.63, 3.8) is 0 Å². The highest BCUT2D eigenvalue weighted by atomic mass is 35.5. The van der Waals surface area contributed by atoms with Gasteiger partial charge in [-0.25, -0.2) is 4.98 Å². The molecule has 82 valence electrons. The molecular formula is C11H15ClN2O. The van der Waals surface area contributed by atoms with Crippen molar-refractivity contribution in [2.45, 2.75) is 27.2 Å². The van der Waals surface area contributed by atoms with Crippen molar-refractivity contribution in [2.75, 3.05) is 5.73 Å². The molecule has 0 aliphatic rings. The number of aromatic nitrogens is 1. The molecule has 0 saturated carbocycles. The van der Waals surface area contributed by atoms with Crippen LogP contribution in [0.2, 0.25) is 5.02 Å². The number of ketones is 1. The molecule has 1 aromatic rings. The summed E-state index contributed by atoms with van der Waals surface area (Å²) in [5.74, 6) is 0.226. The van der Waals surface area contributed by atoms with E-state index >= 15 is 0 Å². The fourth-order valence-electron chi connectivity index (χ4n) is 1.25. The van der Waals surface area contributed by atoms with Gasteiger partial charge in [0.25, 0.3) is 0 Å². The third-order valence-electron chi connectivity index (χ3n) is 1.88. The number of hydrogen-bond donors (Lipinski definition) is 1. The van der Waals surface area contributed by atoms with Crippen LogP contribution in [0.3, 0.4) is 0 Å². The zero-order valence-corrected chi connectivity index (χ0v) is 9.93. The maximum atomic E-state index is 11.9. The molecule has 0 fully saturated rings. The molecule has 15 heavy (non-hydrogen) atoms. The van der Waals surface area contributed by atoms with Gasteiger partial charge >= 0.3 is 0 Å². The van der Waals surface area contributed by atoms with E-state index in [9.17, 15) is 4.79 Å². The SMILES string of the molecule is CC(C)(C)CC(=O)c1cc(Cl)cnc1N. The largest absolute Gasteiger partial charge is 0.383 e. The van der Waals surface area contributed by atoms with Crippen molar-refractivity contribution in [3.8, 4) is 0 Å². The van der Waals surface area contributed by atoms with Crippen LogP contribution in [-0.4, -0.2) is 10.8 Å². The number of Topliss-reactive ketones (excluding diaryl/α,β-unsaturated/α-hetero) is 1. The predicted octanol–water partition coefficient (Wildman–Crippen LogP) is 2.94. The number of carbonyl (C=O) groups excluding carboxylic acids is 1. The van der Waals surface area contributed by atoms with Crippen LogP contribution in [0.4, 0.5) is 5.82 Å². The Morgan fingerprint density at radius 1 is 1.53 bits per heavy atom. The Morgan fingerprint density at radius 3 is 2.67 bits per heavy atom. The Balaban J connectivity index is 2.96. The van der Waals surface area contributed by atoms with Crippen LogP contribution < -0.4 is 5.73 Å². The molecule has 0 atom stereocenters. The number of nitrogen functional groups attached to an aromatic ring is 1. The lowest BCUT2D eigenvalue weighted by Crippen LogP contribution is -2.14. The fraction of sp³-hybridized carbons (Fsp3) is 0.455. The third kappa shape index (κ3) is 3.51. The van der Waals surface area contributed by atoms with Gasteiger partial charge in [0.2, 0.25) is 0 Å². The molecule has 0 aliphatic heterocycles. The van der Waals surface area contributed by atoms with Gasteiger partial charge in [0.05, 0.1) is 10.6 Å². The van der Waals surface area contributed by atoms with E-state index in [4.69, 9.17) is 17.3 Å². The van der Waals surface area contributed by atoms with E-state index in [2.05, 4.69) is 4.98 Å². The molecule has 1 heterocycles. The summed E-state index contributed by atoms with van der Waals surface area (Å²) in [5, 5.41) is 0.432. The van der Waals surface area contributed by atoms with Gasteiger partial charge in [-0.05, 0) is 11.5 Å². The van der Waals surface area contributed by atoms with Crippen LogP contribution in [0.25, 0.3) is 0 Å². The summed E-state index contributed by atoms with van der Waals surface area (Å²) < 4.78 is 0. The van der Waals surface area contributed by atoms with E-state index in [1.54, 1.807) is 6.07 Å². The summed E-state index contributed by atoms with van der Waals surface area (Å²) in [6.07, 6.45) is 1.87. The lowest BCUT2D eigenvalue weighted by Gasteiger charge is -2.17. The normalized spacial score (nSPS) is 11.5. The molecule has 0 aromatic carbocycles. The van der Waals surface area contributed by atoms with Crippen LogP contribution >= 0.6 is 11.6 Å². The highest BCUT2D eigenvalue weighted by Gasteiger charge is 2.19. The summed E-state index contributed by atoms with van der Waals surface area (Å²) in [6, 6.07) is 1.57. The Morgan fingerprint density at radius 2 is 2.13 bits per heavy atom. The van der Waals surface area contributed by atoms with E-state index in [0.29, 0.717) is 17.0 Å². The lowest BCUT2D eigenvalue weighted by molar-refractivity contribution is 0.0940. The van der Waals surface area contributed by atoms with Gasteiger partial charge in [0.1, 0.15) is 5.82 Å². The average Bonchev–Trinajstić information content (AvgIpc) is 2.06. The van der Waals surface area contributed by atoms with Gasteiger partial charge in [0, 0.05) is 12.6 Å². The number of carbonyl (C=O) groups is 1. The van der Waals surface area contributed by atoms with Crippen molar-refractivity contribution in [1.29, 1.82) is 0 Å². The number of anilines is 1. The van der Waals surface area contributed by atoms with Crippen LogP contribution in [0.5, 0.6) is 0 Å². The van der Waals surface area contributed by atoms with E-state index in [1.807, 2.05) is 20.8 Å². The maximum Gasteiger partial charge on any atom is 0.167 e. The number of nitrogens with zero attached hydrogens (tertiary/aromatic N) is 1. The molecule has 0 unspecified atom stereocenters. The van der Waals surface area contributed by atoms with Crippen molar-refractivity contribution < 1.29 is 4.79 Å². The molecular weight excluding hydrogens is 212 g/mol. The molecule has 0 saturated heterocycles. The smallest absolute Gasteiger partial charge is 0.167 e. The van der Waals surface area contributed by atoms with Crippen molar-refractivity contribution in [3.05, 3.63) is 22.8 Å². The molecule has 4 heteroatoms. The summed E-state index contributed by atoms with van der Waals surface area (Å²) >= 11 is 5.76. The van der Waals surface area contributed by atoms with Gasteiger partial charge in [0.15, 0.2) is 5.78 Å². The van der Waals surface area contributed by atoms with E-state index < -0.39 is 0 Å². The monoisotopic (exact) mass is 226 g/mol. The molecule has 3 nitrogen and oxygen atoms in total. The second-order valence-corrected chi connectivity index (χ2v) is 5.18. The second-order valence-electron chi connectivity index (χ2n) is 4.75. The maximum absolute atomic E-state index is 11.9. The summed E-state index contributed by atoms with van der Waals surface area (Å²) in [4.78, 5) is 15.7. The first kappa shape index (κ1) is 12.0. The van der Waals surface area contributed by atoms with Crippen LogP contribution in [0, 0.1) is 5.41 Å². The zero-order valence-electron chi connectivity index (χ0n) is 9.17. The van der Waals surface area contributed by atoms with Crippen LogP contribution in [-0.2, 0) is 0 Å². The van der Waals surface area contributed by atoms with E-state index in [-0.39, 0.29) is 17.0 Å². The van der Waals surface area contributed by atoms with Gasteiger partial charge in [-0.3, -0.25) is 4.79 Å². The Bertz CT molecular complexity index is 383. The standard InChI is InChI=1S/C11H15ClN2O/c1-11(2,3)5-9(15)8-4-7(12)6-14-10(8)13/h4,6H,5H2,1-3H3,(H2,13,14). The van der Waals surface area contributed by atoms with E-state index in [1.165, 1.54) is 6.20 Å². The summed E-state index contributed by atoms with van der Waals surface area (Å²) in [7, 11) is 0. The molecule has 0 aliphatic carbocycles. The third-order valence-corrected chi connectivity index (χ3v) is 2.08. The molecule has 0 spiro atoms. The first-order valence-electron chi connectivity index (χ1n) is 4.74. The van der Waals surface area contributed by atoms with Crippen molar-refractivity contribution in [2.24, 2.45) is 5.41 Å². The minimum Gasteiger partial charge on any atom is -0.383 e. The van der Waals surface area contributed by atoms with E-state index in [0.717, 1.165) is 0 Å². The van der Waals surface area contributed by atoms with Crippen molar-refractivity contribution >= 4 is 23.2 Å². The Kier molecular flexibility index (Phi) is 3.35. The Hall–Kier alpha value is -1.09. The van der Waals surface area contributed by atoms with Gasteiger partial charge in [-0.15, -0.1) is 0 Å². The zero-order chi connectivity index (χ0) is 11.6. The minimum absolute atomic E-state index is 0.0185. The van der Waals surface area contributed by atoms with Crippen LogP contribution in [0.1, 0.15) is 37.6 Å². The summed E-state index contributed by atoms with van der Waals surface area (Å²) in [5.41, 5.74) is 5.97. The summed E-state index contributed by atoms with van der Waals surface area (Å²) in [6.45, 7) is 6.00. The molecule has 0 bridgehead atoms. The number of nitrogens with two attached hydrogens (primary N) is 1. The highest BCUT2D eigenvalue weighted by Crippen LogP contribution is 2.24. The van der Waals surface area contributed by atoms with Crippen LogP contribution in [0.15, 0.2) is 12.3 Å². The first-order chi connectivity index (χ1) is 6.79. The molecule has 0 radical (unpaired) electrons. The van der Waals surface area contributed by atoms with Gasteiger partial charge in [-0.2, -0.15) is 0 Å². The lowest BCUT2D eigenvalue weighted by atomic mass is 9.88. The first-order valence-corrected chi connectivity index (χ1v) is 5.11. The number of rotatable bonds is 2. The topological polar surface area (TPSA) is 56.0 Å². The average molecular weight is 227 g/mol. The highest BCUT2D eigenvalue weighted by molar-refractivity contribution is 6.31.